The summed E-state index contributed by atoms with van der Waals surface area (Å²) in [5.74, 6) is -0.0110. The molecule has 8 nitrogen and oxygen atoms in total. The van der Waals surface area contributed by atoms with Crippen LogP contribution in [0.1, 0.15) is 27.7 Å². The summed E-state index contributed by atoms with van der Waals surface area (Å²) in [4.78, 5) is 24.8. The second kappa shape index (κ2) is 7.40. The van der Waals surface area contributed by atoms with Gasteiger partial charge in [-0.15, -0.1) is 0 Å². The van der Waals surface area contributed by atoms with Gasteiger partial charge in [-0.3, -0.25) is 14.3 Å². The monoisotopic (exact) mass is 417 g/mol. The normalized spacial score (nSPS) is 15.1. The zero-order chi connectivity index (χ0) is 21.4. The summed E-state index contributed by atoms with van der Waals surface area (Å²) >= 11 is 0. The van der Waals surface area contributed by atoms with E-state index in [0.717, 1.165) is 0 Å². The van der Waals surface area contributed by atoms with E-state index in [9.17, 15) is 18.0 Å². The van der Waals surface area contributed by atoms with E-state index >= 15 is 0 Å². The van der Waals surface area contributed by atoms with E-state index < -0.39 is 15.6 Å². The summed E-state index contributed by atoms with van der Waals surface area (Å²) in [6.07, 6.45) is 0. The molecular formula is C20H23N3O5S. The van der Waals surface area contributed by atoms with E-state index in [1.165, 1.54) is 36.9 Å². The van der Waals surface area contributed by atoms with E-state index in [1.807, 2.05) is 13.8 Å². The van der Waals surface area contributed by atoms with Gasteiger partial charge in [-0.05, 0) is 50.2 Å². The van der Waals surface area contributed by atoms with Crippen molar-refractivity contribution < 1.29 is 22.7 Å². The molecule has 9 heteroatoms. The number of carbonyl (C=O) groups excluding carboxylic acids is 2. The Morgan fingerprint density at radius 2 is 1.76 bits per heavy atom. The van der Waals surface area contributed by atoms with Gasteiger partial charge in [0, 0.05) is 19.5 Å². The first-order valence-electron chi connectivity index (χ1n) is 8.98. The molecule has 0 saturated heterocycles. The van der Waals surface area contributed by atoms with Crippen molar-refractivity contribution in [3.05, 3.63) is 42.5 Å². The van der Waals surface area contributed by atoms with Crippen LogP contribution in [0.25, 0.3) is 0 Å². The standard InChI is InChI=1S/C20H23N3O5S/c1-13(24)21-15-6-5-7-16(10-15)22-29(26,27)17-8-9-19-18(11-17)23(14(2)25)12-20(3,4)28-19/h5-11,22H,12H2,1-4H3,(H,21,24). The highest BCUT2D eigenvalue weighted by Gasteiger charge is 2.34. The molecule has 0 aromatic heterocycles. The lowest BCUT2D eigenvalue weighted by Crippen LogP contribution is -2.48. The maximum atomic E-state index is 12.9. The Bertz CT molecular complexity index is 1080. The SMILES string of the molecule is CC(=O)Nc1cccc(NS(=O)(=O)c2ccc3c(c2)N(C(C)=O)CC(C)(C)O3)c1. The van der Waals surface area contributed by atoms with E-state index in [4.69, 9.17) is 4.74 Å². The molecule has 0 atom stereocenters. The van der Waals surface area contributed by atoms with Gasteiger partial charge in [0.2, 0.25) is 11.8 Å². The van der Waals surface area contributed by atoms with Gasteiger partial charge in [0.25, 0.3) is 10.0 Å². The van der Waals surface area contributed by atoms with Crippen LogP contribution in [-0.4, -0.2) is 32.4 Å². The molecule has 0 fully saturated rings. The fourth-order valence-corrected chi connectivity index (χ4v) is 4.19. The molecule has 1 aliphatic heterocycles. The number of carbonyl (C=O) groups is 2. The molecule has 29 heavy (non-hydrogen) atoms. The molecular weight excluding hydrogens is 394 g/mol. The lowest BCUT2D eigenvalue weighted by molar-refractivity contribution is -0.117. The molecule has 0 unspecified atom stereocenters. The fraction of sp³-hybridized carbons (Fsp3) is 0.300. The predicted molar refractivity (Wildman–Crippen MR) is 111 cm³/mol. The fourth-order valence-electron chi connectivity index (χ4n) is 3.12. The minimum Gasteiger partial charge on any atom is -0.484 e. The van der Waals surface area contributed by atoms with Crippen molar-refractivity contribution >= 4 is 38.9 Å². The van der Waals surface area contributed by atoms with Crippen LogP contribution < -0.4 is 19.7 Å². The number of hydrogen-bond acceptors (Lipinski definition) is 5. The van der Waals surface area contributed by atoms with E-state index in [-0.39, 0.29) is 16.7 Å². The number of ether oxygens (including phenoxy) is 1. The summed E-state index contributed by atoms with van der Waals surface area (Å²) in [6.45, 7) is 6.83. The summed E-state index contributed by atoms with van der Waals surface area (Å²) in [5, 5.41) is 2.60. The first-order chi connectivity index (χ1) is 13.5. The molecule has 1 aliphatic rings. The van der Waals surface area contributed by atoms with Crippen LogP contribution in [0, 0.1) is 0 Å². The van der Waals surface area contributed by atoms with Gasteiger partial charge in [0.15, 0.2) is 0 Å². The number of hydrogen-bond donors (Lipinski definition) is 2. The predicted octanol–water partition coefficient (Wildman–Crippen LogP) is 2.97. The van der Waals surface area contributed by atoms with Crippen LogP contribution in [0.3, 0.4) is 0 Å². The second-order valence-electron chi connectivity index (χ2n) is 7.46. The Balaban J connectivity index is 1.94. The third-order valence-electron chi connectivity index (χ3n) is 4.27. The van der Waals surface area contributed by atoms with E-state index in [1.54, 1.807) is 24.3 Å². The second-order valence-corrected chi connectivity index (χ2v) is 9.15. The highest BCUT2D eigenvalue weighted by Crippen LogP contribution is 2.38. The van der Waals surface area contributed by atoms with Crippen molar-refractivity contribution in [2.45, 2.75) is 38.2 Å². The summed E-state index contributed by atoms with van der Waals surface area (Å²) in [6, 6.07) is 10.8. The molecule has 2 aromatic carbocycles. The van der Waals surface area contributed by atoms with Crippen molar-refractivity contribution in [3.63, 3.8) is 0 Å². The average molecular weight is 417 g/mol. The molecule has 0 aliphatic carbocycles. The van der Waals surface area contributed by atoms with Crippen LogP contribution in [0.4, 0.5) is 17.1 Å². The quantitative estimate of drug-likeness (QED) is 0.796. The largest absolute Gasteiger partial charge is 0.484 e. The Labute approximate surface area is 169 Å². The van der Waals surface area contributed by atoms with Gasteiger partial charge in [-0.2, -0.15) is 0 Å². The van der Waals surface area contributed by atoms with Crippen molar-refractivity contribution in [2.75, 3.05) is 21.5 Å². The number of nitrogens with zero attached hydrogens (tertiary/aromatic N) is 1. The number of amides is 2. The molecule has 0 saturated carbocycles. The van der Waals surface area contributed by atoms with Crippen LogP contribution in [0.5, 0.6) is 5.75 Å². The van der Waals surface area contributed by atoms with E-state index in [0.29, 0.717) is 29.4 Å². The third kappa shape index (κ3) is 4.68. The Hall–Kier alpha value is -3.07. The summed E-state index contributed by atoms with van der Waals surface area (Å²) in [7, 11) is -3.93. The van der Waals surface area contributed by atoms with Crippen molar-refractivity contribution in [3.8, 4) is 5.75 Å². The number of rotatable bonds is 4. The molecule has 1 heterocycles. The Morgan fingerprint density at radius 3 is 2.41 bits per heavy atom. The summed E-state index contributed by atoms with van der Waals surface area (Å²) in [5.41, 5.74) is 0.601. The molecule has 2 N–H and O–H groups in total. The van der Waals surface area contributed by atoms with Gasteiger partial charge < -0.3 is 15.0 Å². The highest BCUT2D eigenvalue weighted by molar-refractivity contribution is 7.92. The lowest BCUT2D eigenvalue weighted by atomic mass is 10.1. The first-order valence-corrected chi connectivity index (χ1v) is 10.5. The summed E-state index contributed by atoms with van der Waals surface area (Å²) < 4.78 is 34.1. The molecule has 2 amide bonds. The zero-order valence-corrected chi connectivity index (χ0v) is 17.5. The van der Waals surface area contributed by atoms with Gasteiger partial charge in [-0.25, -0.2) is 8.42 Å². The molecule has 0 radical (unpaired) electrons. The van der Waals surface area contributed by atoms with Crippen LogP contribution in [0.15, 0.2) is 47.4 Å². The van der Waals surface area contributed by atoms with Gasteiger partial charge in [0.05, 0.1) is 22.8 Å². The van der Waals surface area contributed by atoms with Gasteiger partial charge in [0.1, 0.15) is 11.4 Å². The number of sulfonamides is 1. The number of fused-ring (bicyclic) bond motifs is 1. The highest BCUT2D eigenvalue weighted by atomic mass is 32.2. The average Bonchev–Trinajstić information content (AvgIpc) is 2.59. The molecule has 2 aromatic rings. The van der Waals surface area contributed by atoms with Crippen LogP contribution in [0.2, 0.25) is 0 Å². The minimum absolute atomic E-state index is 0.00395. The maximum Gasteiger partial charge on any atom is 0.261 e. The van der Waals surface area contributed by atoms with Crippen molar-refractivity contribution in [2.24, 2.45) is 0 Å². The smallest absolute Gasteiger partial charge is 0.261 e. The Morgan fingerprint density at radius 1 is 1.07 bits per heavy atom. The molecule has 154 valence electrons. The van der Waals surface area contributed by atoms with Gasteiger partial charge >= 0.3 is 0 Å². The number of nitrogens with one attached hydrogen (secondary N) is 2. The topological polar surface area (TPSA) is 105 Å². The Kier molecular flexibility index (Phi) is 5.27. The van der Waals surface area contributed by atoms with Gasteiger partial charge in [-0.1, -0.05) is 6.07 Å². The van der Waals surface area contributed by atoms with E-state index in [2.05, 4.69) is 10.0 Å². The first kappa shape index (κ1) is 20.7. The van der Waals surface area contributed by atoms with Crippen LogP contribution in [-0.2, 0) is 19.6 Å². The third-order valence-corrected chi connectivity index (χ3v) is 5.65. The number of anilines is 3. The van der Waals surface area contributed by atoms with Crippen molar-refractivity contribution in [1.82, 2.24) is 0 Å². The minimum atomic E-state index is -3.93. The molecule has 0 bridgehead atoms. The van der Waals surface area contributed by atoms with Crippen LogP contribution >= 0.6 is 0 Å². The maximum absolute atomic E-state index is 12.9. The van der Waals surface area contributed by atoms with Crippen molar-refractivity contribution in [1.29, 1.82) is 0 Å². The lowest BCUT2D eigenvalue weighted by Gasteiger charge is -2.39. The number of benzene rings is 2. The molecule has 0 spiro atoms. The molecule has 3 rings (SSSR count). The zero-order valence-electron chi connectivity index (χ0n) is 16.6.